The summed E-state index contributed by atoms with van der Waals surface area (Å²) in [6.45, 7) is 6.63. The molecule has 0 atom stereocenters. The van der Waals surface area contributed by atoms with Crippen molar-refractivity contribution < 1.29 is 4.74 Å². The number of H-pyrrole nitrogens is 1. The highest BCUT2D eigenvalue weighted by Crippen LogP contribution is 2.32. The summed E-state index contributed by atoms with van der Waals surface area (Å²) in [6, 6.07) is 15.8. The molecule has 0 unspecified atom stereocenters. The number of aliphatic imine (C=N–C) groups is 1. The van der Waals surface area contributed by atoms with Gasteiger partial charge in [-0.05, 0) is 56.0 Å². The summed E-state index contributed by atoms with van der Waals surface area (Å²) in [5.74, 6) is 1.94. The Labute approximate surface area is 222 Å². The molecule has 1 aliphatic rings. The molecule has 1 aliphatic heterocycles. The molecule has 0 spiro atoms. The van der Waals surface area contributed by atoms with Gasteiger partial charge in [-0.2, -0.15) is 5.10 Å². The maximum absolute atomic E-state index is 13.1. The Bertz CT molecular complexity index is 1480. The average molecular weight is 514 g/mol. The predicted octanol–water partition coefficient (Wildman–Crippen LogP) is 5.26. The van der Waals surface area contributed by atoms with Gasteiger partial charge in [-0.1, -0.05) is 38.5 Å². The predicted molar refractivity (Wildman–Crippen MR) is 152 cm³/mol. The van der Waals surface area contributed by atoms with E-state index in [0.717, 1.165) is 68.2 Å². The first-order chi connectivity index (χ1) is 18.6. The van der Waals surface area contributed by atoms with Crippen LogP contribution in [0.25, 0.3) is 22.4 Å². The summed E-state index contributed by atoms with van der Waals surface area (Å²) in [7, 11) is 1.78. The van der Waals surface area contributed by atoms with Crippen molar-refractivity contribution in [3.63, 3.8) is 0 Å². The smallest absolute Gasteiger partial charge is 0.277 e. The van der Waals surface area contributed by atoms with Gasteiger partial charge >= 0.3 is 0 Å². The molecule has 1 saturated heterocycles. The van der Waals surface area contributed by atoms with Crippen LogP contribution in [0.4, 0.5) is 11.4 Å². The highest BCUT2D eigenvalue weighted by atomic mass is 16.5. The molecule has 1 fully saturated rings. The van der Waals surface area contributed by atoms with Crippen LogP contribution < -0.4 is 15.6 Å². The number of aromatic nitrogens is 4. The third-order valence-electron chi connectivity index (χ3n) is 6.60. The molecular formula is C29H35N7O2. The number of hydrogen-bond acceptors (Lipinski definition) is 5. The molecule has 2 aromatic carbocycles. The molecule has 0 radical (unpaired) electrons. The number of hydrogen-bond donors (Lipinski definition) is 2. The van der Waals surface area contributed by atoms with E-state index >= 15 is 0 Å². The number of nitrogens with zero attached hydrogens (tertiary/aromatic N) is 5. The van der Waals surface area contributed by atoms with Crippen LogP contribution in [-0.2, 0) is 13.5 Å². The summed E-state index contributed by atoms with van der Waals surface area (Å²) in [4.78, 5) is 28.2. The molecule has 0 saturated carbocycles. The molecule has 198 valence electrons. The molecule has 0 aliphatic carbocycles. The molecule has 9 nitrogen and oxygen atoms in total. The van der Waals surface area contributed by atoms with E-state index in [4.69, 9.17) is 14.7 Å². The monoisotopic (exact) mass is 513 g/mol. The number of aromatic amines is 1. The molecule has 2 N–H and O–H groups in total. The van der Waals surface area contributed by atoms with E-state index in [1.54, 1.807) is 11.7 Å². The number of fused-ring (bicyclic) bond motifs is 1. The number of rotatable bonds is 8. The van der Waals surface area contributed by atoms with Crippen LogP contribution in [0.1, 0.15) is 45.2 Å². The highest BCUT2D eigenvalue weighted by molar-refractivity contribution is 5.96. The second kappa shape index (κ2) is 11.5. The van der Waals surface area contributed by atoms with Crippen LogP contribution in [0.3, 0.4) is 0 Å². The van der Waals surface area contributed by atoms with Crippen LogP contribution in [0.15, 0.2) is 58.3 Å². The maximum Gasteiger partial charge on any atom is 0.277 e. The third-order valence-corrected chi connectivity index (χ3v) is 6.60. The van der Waals surface area contributed by atoms with Crippen molar-refractivity contribution in [2.24, 2.45) is 12.0 Å². The molecule has 3 heterocycles. The Balaban J connectivity index is 1.58. The van der Waals surface area contributed by atoms with Crippen molar-refractivity contribution in [3.05, 3.63) is 64.6 Å². The van der Waals surface area contributed by atoms with Gasteiger partial charge in [0.25, 0.3) is 5.56 Å². The third kappa shape index (κ3) is 5.41. The van der Waals surface area contributed by atoms with Crippen LogP contribution in [0.2, 0.25) is 0 Å². The van der Waals surface area contributed by atoms with E-state index in [-0.39, 0.29) is 5.56 Å². The Hall–Kier alpha value is -4.14. The number of anilines is 1. The van der Waals surface area contributed by atoms with Gasteiger partial charge in [-0.3, -0.25) is 9.48 Å². The molecule has 5 rings (SSSR count). The molecule has 4 aromatic rings. The van der Waals surface area contributed by atoms with Crippen LogP contribution in [0.5, 0.6) is 5.75 Å². The Kier molecular flexibility index (Phi) is 7.72. The second-order valence-electron chi connectivity index (χ2n) is 9.58. The minimum atomic E-state index is -0.217. The molecule has 0 amide bonds. The number of guanidine groups is 1. The number of benzene rings is 2. The van der Waals surface area contributed by atoms with E-state index in [0.29, 0.717) is 34.8 Å². The Morgan fingerprint density at radius 2 is 1.89 bits per heavy atom. The fraction of sp³-hybridized carbons (Fsp3) is 0.379. The zero-order valence-electron chi connectivity index (χ0n) is 22.3. The number of likely N-dealkylation sites (tertiary alicyclic amines) is 1. The van der Waals surface area contributed by atoms with Gasteiger partial charge in [-0.15, -0.1) is 0 Å². The SMILES string of the molecule is CCCOc1ccc(NC(=Nc2ccccc2)N2CCCC2)cc1-c1nc2c(CCC)nn(C)c2c(=O)[nH]1. The zero-order chi connectivity index (χ0) is 26.5. The van der Waals surface area contributed by atoms with E-state index in [9.17, 15) is 4.79 Å². The fourth-order valence-electron chi connectivity index (χ4n) is 4.77. The van der Waals surface area contributed by atoms with Gasteiger partial charge in [0.15, 0.2) is 5.52 Å². The summed E-state index contributed by atoms with van der Waals surface area (Å²) in [6.07, 6.45) is 4.82. The first-order valence-electron chi connectivity index (χ1n) is 13.5. The summed E-state index contributed by atoms with van der Waals surface area (Å²) in [5, 5.41) is 8.09. The quantitative estimate of drug-likeness (QED) is 0.246. The number of para-hydroxylation sites is 1. The standard InChI is InChI=1S/C29H35N7O2/c1-4-11-23-25-26(35(3)34-23)28(37)33-27(32-25)22-19-21(14-15-24(22)38-18-5-2)31-29(36-16-9-10-17-36)30-20-12-7-6-8-13-20/h6-8,12-15,19H,4-5,9-11,16-18H2,1-3H3,(H,30,31)(H,32,33,37). The van der Waals surface area contributed by atoms with Crippen molar-refractivity contribution in [1.82, 2.24) is 24.6 Å². The summed E-state index contributed by atoms with van der Waals surface area (Å²) >= 11 is 0. The minimum Gasteiger partial charge on any atom is -0.493 e. The first-order valence-corrected chi connectivity index (χ1v) is 13.5. The fourth-order valence-corrected chi connectivity index (χ4v) is 4.77. The largest absolute Gasteiger partial charge is 0.493 e. The van der Waals surface area contributed by atoms with Crippen LogP contribution in [-0.4, -0.2) is 50.3 Å². The van der Waals surface area contributed by atoms with Crippen LogP contribution in [0, 0.1) is 0 Å². The summed E-state index contributed by atoms with van der Waals surface area (Å²) < 4.78 is 7.70. The lowest BCUT2D eigenvalue weighted by Gasteiger charge is -2.22. The van der Waals surface area contributed by atoms with Crippen molar-refractivity contribution in [1.29, 1.82) is 0 Å². The maximum atomic E-state index is 13.1. The highest BCUT2D eigenvalue weighted by Gasteiger charge is 2.20. The lowest BCUT2D eigenvalue weighted by Crippen LogP contribution is -2.33. The van der Waals surface area contributed by atoms with Gasteiger partial charge in [0.1, 0.15) is 17.1 Å². The van der Waals surface area contributed by atoms with Crippen molar-refractivity contribution in [2.75, 3.05) is 25.0 Å². The van der Waals surface area contributed by atoms with Gasteiger partial charge in [0.05, 0.1) is 23.6 Å². The second-order valence-corrected chi connectivity index (χ2v) is 9.58. The van der Waals surface area contributed by atoms with Crippen molar-refractivity contribution in [2.45, 2.75) is 46.0 Å². The Morgan fingerprint density at radius 3 is 2.63 bits per heavy atom. The molecule has 2 aromatic heterocycles. The average Bonchev–Trinajstić information content (AvgIpc) is 3.57. The van der Waals surface area contributed by atoms with E-state index in [1.165, 1.54) is 0 Å². The lowest BCUT2D eigenvalue weighted by atomic mass is 10.1. The number of aryl methyl sites for hydroxylation is 2. The Morgan fingerprint density at radius 1 is 1.11 bits per heavy atom. The minimum absolute atomic E-state index is 0.217. The van der Waals surface area contributed by atoms with Gasteiger partial charge in [-0.25, -0.2) is 9.98 Å². The van der Waals surface area contributed by atoms with Gasteiger partial charge < -0.3 is 19.9 Å². The lowest BCUT2D eigenvalue weighted by molar-refractivity contribution is 0.318. The summed E-state index contributed by atoms with van der Waals surface area (Å²) in [5.41, 5.74) is 4.17. The van der Waals surface area contributed by atoms with Gasteiger partial charge in [0, 0.05) is 25.8 Å². The van der Waals surface area contributed by atoms with E-state index in [1.807, 2.05) is 48.5 Å². The normalized spacial score (nSPS) is 13.9. The topological polar surface area (TPSA) is 100 Å². The first kappa shape index (κ1) is 25.5. The van der Waals surface area contributed by atoms with Crippen molar-refractivity contribution in [3.8, 4) is 17.1 Å². The van der Waals surface area contributed by atoms with E-state index in [2.05, 4.69) is 34.1 Å². The van der Waals surface area contributed by atoms with Crippen molar-refractivity contribution >= 4 is 28.4 Å². The van der Waals surface area contributed by atoms with E-state index < -0.39 is 0 Å². The molecule has 9 heteroatoms. The van der Waals surface area contributed by atoms with Crippen LogP contribution >= 0.6 is 0 Å². The number of nitrogens with one attached hydrogen (secondary N) is 2. The zero-order valence-corrected chi connectivity index (χ0v) is 22.3. The van der Waals surface area contributed by atoms with Gasteiger partial charge in [0.2, 0.25) is 5.96 Å². The molecular weight excluding hydrogens is 478 g/mol. The molecule has 38 heavy (non-hydrogen) atoms. The molecule has 0 bridgehead atoms. The number of ether oxygens (including phenoxy) is 1.